The van der Waals surface area contributed by atoms with Gasteiger partial charge in [0.05, 0.1) is 19.3 Å². The molecule has 5 heteroatoms. The quantitative estimate of drug-likeness (QED) is 0.805. The van der Waals surface area contributed by atoms with Gasteiger partial charge < -0.3 is 19.3 Å². The summed E-state index contributed by atoms with van der Waals surface area (Å²) >= 11 is 0. The number of hydrogen-bond acceptors (Lipinski definition) is 4. The molecule has 0 radical (unpaired) electrons. The Morgan fingerprint density at radius 2 is 2.09 bits per heavy atom. The lowest BCUT2D eigenvalue weighted by atomic mass is 9.96. The van der Waals surface area contributed by atoms with E-state index in [1.807, 2.05) is 32.1 Å². The maximum absolute atomic E-state index is 10.8. The molecule has 23 heavy (non-hydrogen) atoms. The fourth-order valence-electron chi connectivity index (χ4n) is 2.52. The highest BCUT2D eigenvalue weighted by molar-refractivity contribution is 5.68. The summed E-state index contributed by atoms with van der Waals surface area (Å²) in [4.78, 5) is 10.8. The van der Waals surface area contributed by atoms with E-state index in [1.54, 1.807) is 7.11 Å². The molecule has 3 atom stereocenters. The van der Waals surface area contributed by atoms with E-state index in [2.05, 4.69) is 12.2 Å². The van der Waals surface area contributed by atoms with Gasteiger partial charge in [-0.15, -0.1) is 0 Å². The lowest BCUT2D eigenvalue weighted by Gasteiger charge is -2.28. The molecule has 1 aliphatic heterocycles. The summed E-state index contributed by atoms with van der Waals surface area (Å²) in [6, 6.07) is 0. The number of hydrogen-bond donors (Lipinski definition) is 1. The van der Waals surface area contributed by atoms with Crippen molar-refractivity contribution in [3.05, 3.63) is 36.0 Å². The third kappa shape index (κ3) is 8.11. The highest BCUT2D eigenvalue weighted by Gasteiger charge is 2.26. The van der Waals surface area contributed by atoms with Gasteiger partial charge in [0.25, 0.3) is 0 Å². The monoisotopic (exact) mass is 324 g/mol. The van der Waals surface area contributed by atoms with Crippen LogP contribution in [0.1, 0.15) is 26.7 Å². The van der Waals surface area contributed by atoms with Gasteiger partial charge >= 0.3 is 5.97 Å². The average molecular weight is 324 g/mol. The van der Waals surface area contributed by atoms with Crippen LogP contribution in [0.15, 0.2) is 36.0 Å². The Morgan fingerprint density at radius 1 is 1.35 bits per heavy atom. The van der Waals surface area contributed by atoms with Gasteiger partial charge in [-0.3, -0.25) is 0 Å². The normalized spacial score (nSPS) is 27.3. The lowest BCUT2D eigenvalue weighted by molar-refractivity contribution is -0.148. The molecule has 0 fully saturated rings. The second-order valence-corrected chi connectivity index (χ2v) is 5.73. The smallest absolute Gasteiger partial charge is 0.329 e. The van der Waals surface area contributed by atoms with Crippen LogP contribution in [0.4, 0.5) is 0 Å². The molecule has 0 saturated carbocycles. The highest BCUT2D eigenvalue weighted by atomic mass is 16.5. The largest absolute Gasteiger partial charge is 0.480 e. The van der Waals surface area contributed by atoms with Gasteiger partial charge in [0, 0.05) is 13.0 Å². The van der Waals surface area contributed by atoms with E-state index in [0.717, 1.165) is 18.4 Å². The molecule has 130 valence electrons. The molecule has 0 aromatic carbocycles. The molecule has 0 aromatic rings. The summed E-state index contributed by atoms with van der Waals surface area (Å²) in [5.74, 6) is -0.976. The van der Waals surface area contributed by atoms with Crippen molar-refractivity contribution in [1.82, 2.24) is 0 Å². The molecule has 1 aliphatic rings. The van der Waals surface area contributed by atoms with Gasteiger partial charge in [-0.05, 0) is 19.8 Å². The van der Waals surface area contributed by atoms with Crippen molar-refractivity contribution in [2.45, 2.75) is 38.9 Å². The maximum atomic E-state index is 10.8. The van der Waals surface area contributed by atoms with Gasteiger partial charge in [-0.25, -0.2) is 4.79 Å². The fourth-order valence-corrected chi connectivity index (χ4v) is 2.52. The Balaban J connectivity index is 2.93. The summed E-state index contributed by atoms with van der Waals surface area (Å²) in [7, 11) is 1.61. The van der Waals surface area contributed by atoms with Crippen LogP contribution in [0.5, 0.6) is 0 Å². The Bertz CT molecular complexity index is 439. The van der Waals surface area contributed by atoms with E-state index in [-0.39, 0.29) is 24.7 Å². The zero-order chi connectivity index (χ0) is 17.1. The molecule has 0 aromatic heterocycles. The van der Waals surface area contributed by atoms with Crippen molar-refractivity contribution in [3.63, 3.8) is 0 Å². The molecule has 0 bridgehead atoms. The van der Waals surface area contributed by atoms with Crippen LogP contribution in [0.3, 0.4) is 0 Å². The van der Waals surface area contributed by atoms with Crippen molar-refractivity contribution in [2.24, 2.45) is 5.92 Å². The van der Waals surface area contributed by atoms with E-state index < -0.39 is 5.97 Å². The van der Waals surface area contributed by atoms with Crippen LogP contribution in [0, 0.1) is 5.92 Å². The van der Waals surface area contributed by atoms with Gasteiger partial charge in [0.2, 0.25) is 0 Å². The predicted molar refractivity (Wildman–Crippen MR) is 89.4 cm³/mol. The van der Waals surface area contributed by atoms with Crippen LogP contribution < -0.4 is 0 Å². The Labute approximate surface area is 138 Å². The van der Waals surface area contributed by atoms with Crippen molar-refractivity contribution < 1.29 is 24.1 Å². The van der Waals surface area contributed by atoms with E-state index in [9.17, 15) is 4.79 Å². The first-order chi connectivity index (χ1) is 11.0. The molecule has 5 nitrogen and oxygen atoms in total. The molecular formula is C18H28O5. The molecule has 0 unspecified atom stereocenters. The van der Waals surface area contributed by atoms with Crippen LogP contribution in [0.2, 0.25) is 0 Å². The van der Waals surface area contributed by atoms with E-state index >= 15 is 0 Å². The molecule has 0 amide bonds. The second kappa shape index (κ2) is 11.2. The van der Waals surface area contributed by atoms with Gasteiger partial charge in [0.1, 0.15) is 12.7 Å². The molecule has 1 rings (SSSR count). The zero-order valence-electron chi connectivity index (χ0n) is 14.2. The second-order valence-electron chi connectivity index (χ2n) is 5.73. The topological polar surface area (TPSA) is 65.0 Å². The van der Waals surface area contributed by atoms with Crippen LogP contribution in [0.25, 0.3) is 0 Å². The summed E-state index contributed by atoms with van der Waals surface area (Å²) in [6.07, 6.45) is 11.4. The molecular weight excluding hydrogens is 296 g/mol. The first kappa shape index (κ1) is 19.6. The SMILES string of the molecule is CO[C@H]1C=CCCC=CCOCC(C)=C[C@@H](C)[C@@H]1OCC(=O)O. The minimum absolute atomic E-state index is 0.00559. The molecule has 1 N–H and O–H groups in total. The predicted octanol–water partition coefficient (Wildman–Crippen LogP) is 2.98. The van der Waals surface area contributed by atoms with E-state index in [0.29, 0.717) is 13.2 Å². The fraction of sp³-hybridized carbons (Fsp3) is 0.611. The third-order valence-electron chi connectivity index (χ3n) is 3.60. The molecule has 0 aliphatic carbocycles. The first-order valence-corrected chi connectivity index (χ1v) is 7.97. The summed E-state index contributed by atoms with van der Waals surface area (Å²) in [5.41, 5.74) is 1.09. The Morgan fingerprint density at radius 3 is 2.78 bits per heavy atom. The van der Waals surface area contributed by atoms with Crippen LogP contribution in [-0.4, -0.2) is 50.2 Å². The summed E-state index contributed by atoms with van der Waals surface area (Å²) in [5, 5.41) is 8.89. The van der Waals surface area contributed by atoms with Crippen LogP contribution >= 0.6 is 0 Å². The number of ether oxygens (including phenoxy) is 3. The zero-order valence-corrected chi connectivity index (χ0v) is 14.2. The number of aliphatic carboxylic acids is 1. The number of methoxy groups -OCH3 is 1. The molecule has 0 spiro atoms. The number of rotatable bonds is 4. The number of carboxylic acids is 1. The highest BCUT2D eigenvalue weighted by Crippen LogP contribution is 2.19. The van der Waals surface area contributed by atoms with Gasteiger partial charge in [-0.1, -0.05) is 42.9 Å². The van der Waals surface area contributed by atoms with Gasteiger partial charge in [-0.2, -0.15) is 0 Å². The molecule has 1 heterocycles. The van der Waals surface area contributed by atoms with Crippen molar-refractivity contribution in [2.75, 3.05) is 26.9 Å². The number of allylic oxidation sites excluding steroid dienone is 2. The van der Waals surface area contributed by atoms with E-state index in [4.69, 9.17) is 19.3 Å². The number of carboxylic acid groups (broad SMARTS) is 1. The summed E-state index contributed by atoms with van der Waals surface area (Å²) < 4.78 is 16.7. The Kier molecular flexibility index (Phi) is 9.52. The lowest BCUT2D eigenvalue weighted by Crippen LogP contribution is -2.36. The first-order valence-electron chi connectivity index (χ1n) is 7.97. The van der Waals surface area contributed by atoms with E-state index in [1.165, 1.54) is 0 Å². The van der Waals surface area contributed by atoms with Crippen molar-refractivity contribution in [3.8, 4) is 0 Å². The third-order valence-corrected chi connectivity index (χ3v) is 3.60. The minimum Gasteiger partial charge on any atom is -0.480 e. The van der Waals surface area contributed by atoms with Crippen molar-refractivity contribution in [1.29, 1.82) is 0 Å². The summed E-state index contributed by atoms with van der Waals surface area (Å²) in [6.45, 7) is 4.81. The molecule has 0 saturated heterocycles. The number of carbonyl (C=O) groups is 1. The Hall–Kier alpha value is -1.43. The van der Waals surface area contributed by atoms with Crippen LogP contribution in [-0.2, 0) is 19.0 Å². The van der Waals surface area contributed by atoms with Crippen molar-refractivity contribution >= 4 is 5.97 Å². The standard InChI is InChI=1S/C18H28O5/c1-14-11-15(2)18(23-13-17(19)20)16(21-3)9-7-5-4-6-8-10-22-12-14/h6-9,11,15-16,18H,4-5,10,12-13H2,1-3H3,(H,19,20)/t15-,16+,18+/m1/s1. The average Bonchev–Trinajstić information content (AvgIpc) is 2.50. The minimum atomic E-state index is -0.982. The van der Waals surface area contributed by atoms with Gasteiger partial charge in [0.15, 0.2) is 0 Å². The maximum Gasteiger partial charge on any atom is 0.329 e.